The Balaban J connectivity index is 1.32. The molecule has 1 atom stereocenters. The van der Waals surface area contributed by atoms with Crippen molar-refractivity contribution in [1.29, 1.82) is 0 Å². The van der Waals surface area contributed by atoms with Crippen molar-refractivity contribution in [2.24, 2.45) is 5.92 Å². The standard InChI is InChI=1S/C18H21N7O/c26-17(14-5-3-11-24(13-14)18-20-8-4-9-21-18)19-10-7-16-23-22-15-6-1-2-12-25(15)16/h1-2,4,6,8-9,12,14H,3,5,7,10-11,13H2,(H,19,26). The smallest absolute Gasteiger partial charge is 0.225 e. The quantitative estimate of drug-likeness (QED) is 0.740. The van der Waals surface area contributed by atoms with E-state index in [2.05, 4.69) is 30.4 Å². The second-order valence-electron chi connectivity index (χ2n) is 6.42. The maximum atomic E-state index is 12.5. The fourth-order valence-corrected chi connectivity index (χ4v) is 3.33. The summed E-state index contributed by atoms with van der Waals surface area (Å²) in [6.07, 6.45) is 7.90. The van der Waals surface area contributed by atoms with E-state index in [0.29, 0.717) is 25.5 Å². The first-order valence-electron chi connectivity index (χ1n) is 8.89. The molecule has 0 bridgehead atoms. The monoisotopic (exact) mass is 351 g/mol. The molecule has 0 aliphatic carbocycles. The summed E-state index contributed by atoms with van der Waals surface area (Å²) in [6, 6.07) is 7.59. The largest absolute Gasteiger partial charge is 0.355 e. The van der Waals surface area contributed by atoms with E-state index in [-0.39, 0.29) is 11.8 Å². The Bertz CT molecular complexity index is 879. The summed E-state index contributed by atoms with van der Waals surface area (Å²) >= 11 is 0. The lowest BCUT2D eigenvalue weighted by atomic mass is 9.97. The molecule has 0 saturated carbocycles. The number of rotatable bonds is 5. The summed E-state index contributed by atoms with van der Waals surface area (Å²) in [6.45, 7) is 2.09. The molecular formula is C18H21N7O. The van der Waals surface area contributed by atoms with Crippen LogP contribution in [0.4, 0.5) is 5.95 Å². The highest BCUT2D eigenvalue weighted by atomic mass is 16.1. The molecule has 3 aromatic heterocycles. The number of piperidine rings is 1. The van der Waals surface area contributed by atoms with E-state index < -0.39 is 0 Å². The number of nitrogens with zero attached hydrogens (tertiary/aromatic N) is 6. The Morgan fingerprint density at radius 1 is 1.19 bits per heavy atom. The molecule has 4 rings (SSSR count). The van der Waals surface area contributed by atoms with E-state index >= 15 is 0 Å². The molecule has 1 saturated heterocycles. The zero-order valence-electron chi connectivity index (χ0n) is 14.5. The van der Waals surface area contributed by atoms with Crippen molar-refractivity contribution < 1.29 is 4.79 Å². The van der Waals surface area contributed by atoms with Gasteiger partial charge in [0, 0.05) is 44.6 Å². The number of hydrogen-bond donors (Lipinski definition) is 1. The molecule has 1 amide bonds. The number of carbonyl (C=O) groups is 1. The van der Waals surface area contributed by atoms with Gasteiger partial charge in [0.1, 0.15) is 5.82 Å². The fraction of sp³-hybridized carbons (Fsp3) is 0.389. The van der Waals surface area contributed by atoms with Crippen LogP contribution in [-0.4, -0.2) is 50.1 Å². The molecule has 0 aromatic carbocycles. The second-order valence-corrected chi connectivity index (χ2v) is 6.42. The van der Waals surface area contributed by atoms with Gasteiger partial charge >= 0.3 is 0 Å². The van der Waals surface area contributed by atoms with Crippen molar-refractivity contribution >= 4 is 17.5 Å². The van der Waals surface area contributed by atoms with E-state index in [1.54, 1.807) is 18.5 Å². The van der Waals surface area contributed by atoms with Gasteiger partial charge in [-0.2, -0.15) is 0 Å². The zero-order valence-corrected chi connectivity index (χ0v) is 14.5. The maximum Gasteiger partial charge on any atom is 0.225 e. The van der Waals surface area contributed by atoms with Crippen LogP contribution in [0.2, 0.25) is 0 Å². The van der Waals surface area contributed by atoms with Crippen LogP contribution in [0.25, 0.3) is 5.65 Å². The van der Waals surface area contributed by atoms with Gasteiger partial charge in [-0.3, -0.25) is 9.20 Å². The third-order valence-electron chi connectivity index (χ3n) is 4.66. The Kier molecular flexibility index (Phi) is 4.72. The summed E-state index contributed by atoms with van der Waals surface area (Å²) in [5.41, 5.74) is 0.819. The van der Waals surface area contributed by atoms with Gasteiger partial charge in [-0.1, -0.05) is 6.07 Å². The molecule has 0 spiro atoms. The predicted octanol–water partition coefficient (Wildman–Crippen LogP) is 1.09. The lowest BCUT2D eigenvalue weighted by Crippen LogP contribution is -2.44. The predicted molar refractivity (Wildman–Crippen MR) is 96.7 cm³/mol. The summed E-state index contributed by atoms with van der Waals surface area (Å²) in [5, 5.41) is 11.4. The van der Waals surface area contributed by atoms with Gasteiger partial charge in [-0.15, -0.1) is 10.2 Å². The molecule has 134 valence electrons. The van der Waals surface area contributed by atoms with Crippen LogP contribution in [0.1, 0.15) is 18.7 Å². The minimum atomic E-state index is -0.0392. The minimum absolute atomic E-state index is 0.0392. The average molecular weight is 351 g/mol. The number of hydrogen-bond acceptors (Lipinski definition) is 6. The lowest BCUT2D eigenvalue weighted by Gasteiger charge is -2.31. The van der Waals surface area contributed by atoms with Crippen LogP contribution in [0.5, 0.6) is 0 Å². The van der Waals surface area contributed by atoms with Crippen LogP contribution >= 0.6 is 0 Å². The highest BCUT2D eigenvalue weighted by molar-refractivity contribution is 5.79. The molecule has 1 fully saturated rings. The zero-order chi connectivity index (χ0) is 17.8. The molecule has 1 aliphatic rings. The molecule has 0 radical (unpaired) electrons. The van der Waals surface area contributed by atoms with Crippen molar-refractivity contribution in [3.63, 3.8) is 0 Å². The van der Waals surface area contributed by atoms with Crippen molar-refractivity contribution in [3.8, 4) is 0 Å². The molecule has 8 heteroatoms. The van der Waals surface area contributed by atoms with Crippen molar-refractivity contribution in [2.45, 2.75) is 19.3 Å². The highest BCUT2D eigenvalue weighted by Gasteiger charge is 2.26. The normalized spacial score (nSPS) is 17.4. The van der Waals surface area contributed by atoms with E-state index in [4.69, 9.17) is 0 Å². The van der Waals surface area contributed by atoms with Crippen molar-refractivity contribution in [3.05, 3.63) is 48.7 Å². The second kappa shape index (κ2) is 7.47. The van der Waals surface area contributed by atoms with E-state index in [1.165, 1.54) is 0 Å². The number of aromatic nitrogens is 5. The number of nitrogens with one attached hydrogen (secondary N) is 1. The van der Waals surface area contributed by atoms with Gasteiger partial charge in [-0.25, -0.2) is 9.97 Å². The van der Waals surface area contributed by atoms with Crippen LogP contribution in [-0.2, 0) is 11.2 Å². The summed E-state index contributed by atoms with van der Waals surface area (Å²) < 4.78 is 1.95. The summed E-state index contributed by atoms with van der Waals surface area (Å²) in [7, 11) is 0. The first-order valence-corrected chi connectivity index (χ1v) is 8.89. The average Bonchev–Trinajstić information content (AvgIpc) is 3.12. The molecule has 8 nitrogen and oxygen atoms in total. The third-order valence-corrected chi connectivity index (χ3v) is 4.66. The highest BCUT2D eigenvalue weighted by Crippen LogP contribution is 2.20. The first kappa shape index (κ1) is 16.4. The van der Waals surface area contributed by atoms with Gasteiger partial charge in [0.25, 0.3) is 0 Å². The van der Waals surface area contributed by atoms with E-state index in [9.17, 15) is 4.79 Å². The number of amides is 1. The van der Waals surface area contributed by atoms with E-state index in [0.717, 1.165) is 30.9 Å². The Morgan fingerprint density at radius 2 is 2.08 bits per heavy atom. The van der Waals surface area contributed by atoms with Gasteiger partial charge < -0.3 is 10.2 Å². The Labute approximate surface area is 151 Å². The third kappa shape index (κ3) is 3.49. The van der Waals surface area contributed by atoms with E-state index in [1.807, 2.05) is 28.8 Å². The number of anilines is 1. The number of fused-ring (bicyclic) bond motifs is 1. The van der Waals surface area contributed by atoms with Crippen LogP contribution in [0.15, 0.2) is 42.9 Å². The summed E-state index contributed by atoms with van der Waals surface area (Å²) in [5.74, 6) is 1.59. The Hall–Kier alpha value is -3.03. The Morgan fingerprint density at radius 3 is 2.96 bits per heavy atom. The molecule has 1 aliphatic heterocycles. The number of pyridine rings is 1. The lowest BCUT2D eigenvalue weighted by molar-refractivity contribution is -0.125. The molecule has 1 N–H and O–H groups in total. The maximum absolute atomic E-state index is 12.5. The molecule has 1 unspecified atom stereocenters. The van der Waals surface area contributed by atoms with Gasteiger partial charge in [0.05, 0.1) is 5.92 Å². The van der Waals surface area contributed by atoms with Crippen LogP contribution < -0.4 is 10.2 Å². The first-order chi connectivity index (χ1) is 12.8. The number of carbonyl (C=O) groups excluding carboxylic acids is 1. The van der Waals surface area contributed by atoms with Crippen LogP contribution in [0.3, 0.4) is 0 Å². The van der Waals surface area contributed by atoms with Crippen molar-refractivity contribution in [2.75, 3.05) is 24.5 Å². The molecule has 26 heavy (non-hydrogen) atoms. The molecule has 3 aromatic rings. The van der Waals surface area contributed by atoms with Gasteiger partial charge in [0.15, 0.2) is 5.65 Å². The summed E-state index contributed by atoms with van der Waals surface area (Å²) in [4.78, 5) is 23.2. The fourth-order valence-electron chi connectivity index (χ4n) is 3.33. The van der Waals surface area contributed by atoms with Gasteiger partial charge in [0.2, 0.25) is 11.9 Å². The van der Waals surface area contributed by atoms with Gasteiger partial charge in [-0.05, 0) is 31.0 Å². The topological polar surface area (TPSA) is 88.3 Å². The SMILES string of the molecule is O=C(NCCc1nnc2ccccn12)C1CCCN(c2ncccn2)C1. The minimum Gasteiger partial charge on any atom is -0.355 e. The molecular weight excluding hydrogens is 330 g/mol. The molecule has 4 heterocycles. The van der Waals surface area contributed by atoms with Crippen molar-refractivity contribution in [1.82, 2.24) is 29.9 Å². The van der Waals surface area contributed by atoms with Crippen LogP contribution in [0, 0.1) is 5.92 Å².